The first kappa shape index (κ1) is 16.2. The van der Waals surface area contributed by atoms with Gasteiger partial charge in [0.05, 0.1) is 30.1 Å². The van der Waals surface area contributed by atoms with Crippen LogP contribution in [0.1, 0.15) is 22.0 Å². The predicted molar refractivity (Wildman–Crippen MR) is 92.8 cm³/mol. The number of halogens is 1. The van der Waals surface area contributed by atoms with Gasteiger partial charge in [0.1, 0.15) is 0 Å². The molecule has 1 atom stereocenters. The summed E-state index contributed by atoms with van der Waals surface area (Å²) in [6.45, 7) is -0.191. The minimum absolute atomic E-state index is 0.191. The zero-order valence-corrected chi connectivity index (χ0v) is 13.5. The Bertz CT molecular complexity index is 816. The number of carbonyl (C=O) groups excluding carboxylic acids is 1. The Kier molecular flexibility index (Phi) is 4.93. The fourth-order valence-corrected chi connectivity index (χ4v) is 2.58. The number of benzene rings is 2. The van der Waals surface area contributed by atoms with Crippen LogP contribution < -0.4 is 5.32 Å². The molecule has 1 heterocycles. The Balaban J connectivity index is 1.83. The molecule has 0 aliphatic rings. The van der Waals surface area contributed by atoms with Crippen molar-refractivity contribution < 1.29 is 9.90 Å². The second-order valence-electron chi connectivity index (χ2n) is 5.28. The zero-order valence-electron chi connectivity index (χ0n) is 12.7. The van der Waals surface area contributed by atoms with E-state index in [0.29, 0.717) is 16.3 Å². The molecule has 2 aromatic carbocycles. The summed E-state index contributed by atoms with van der Waals surface area (Å²) in [5.41, 5.74) is 2.66. The lowest BCUT2D eigenvalue weighted by atomic mass is 10.1. The van der Waals surface area contributed by atoms with Crippen LogP contribution >= 0.6 is 11.6 Å². The molecule has 3 rings (SSSR count). The van der Waals surface area contributed by atoms with Crippen molar-refractivity contribution in [2.45, 2.75) is 6.04 Å². The van der Waals surface area contributed by atoms with Crippen molar-refractivity contribution in [1.82, 2.24) is 15.5 Å². The summed E-state index contributed by atoms with van der Waals surface area (Å²) >= 11 is 5.90. The van der Waals surface area contributed by atoms with Crippen molar-refractivity contribution in [1.29, 1.82) is 0 Å². The molecular weight excluding hydrogens is 326 g/mol. The first-order chi connectivity index (χ1) is 11.7. The molecule has 0 spiro atoms. The summed E-state index contributed by atoms with van der Waals surface area (Å²) in [6.07, 6.45) is 1.47. The van der Waals surface area contributed by atoms with Gasteiger partial charge in [-0.25, -0.2) is 0 Å². The maximum atomic E-state index is 12.6. The third kappa shape index (κ3) is 3.48. The highest BCUT2D eigenvalue weighted by molar-refractivity contribution is 6.30. The van der Waals surface area contributed by atoms with Crippen molar-refractivity contribution in [2.24, 2.45) is 0 Å². The lowest BCUT2D eigenvalue weighted by Gasteiger charge is -2.16. The fraction of sp³-hybridized carbons (Fsp3) is 0.111. The van der Waals surface area contributed by atoms with E-state index in [9.17, 15) is 9.90 Å². The number of aromatic nitrogens is 2. The lowest BCUT2D eigenvalue weighted by Crippen LogP contribution is -2.30. The van der Waals surface area contributed by atoms with Gasteiger partial charge in [0.15, 0.2) is 0 Å². The minimum atomic E-state index is -0.480. The molecule has 122 valence electrons. The van der Waals surface area contributed by atoms with E-state index in [1.807, 2.05) is 42.5 Å². The van der Waals surface area contributed by atoms with Gasteiger partial charge in [0.25, 0.3) is 5.91 Å². The highest BCUT2D eigenvalue weighted by Crippen LogP contribution is 2.23. The third-order valence-electron chi connectivity index (χ3n) is 3.71. The monoisotopic (exact) mass is 341 g/mol. The predicted octanol–water partition coefficient (Wildman–Crippen LogP) is 3.19. The molecule has 1 aromatic heterocycles. The Morgan fingerprint density at radius 3 is 2.54 bits per heavy atom. The van der Waals surface area contributed by atoms with E-state index >= 15 is 0 Å². The summed E-state index contributed by atoms with van der Waals surface area (Å²) in [4.78, 5) is 12.6. The fourth-order valence-electron chi connectivity index (χ4n) is 2.45. The van der Waals surface area contributed by atoms with E-state index in [0.717, 1.165) is 11.1 Å². The molecule has 0 saturated heterocycles. The molecular formula is C18H16ClN3O2. The van der Waals surface area contributed by atoms with Crippen molar-refractivity contribution in [2.75, 3.05) is 6.61 Å². The molecule has 1 amide bonds. The summed E-state index contributed by atoms with van der Waals surface area (Å²) in [5.74, 6) is -0.309. The van der Waals surface area contributed by atoms with Crippen molar-refractivity contribution in [3.63, 3.8) is 0 Å². The number of amides is 1. The number of aliphatic hydroxyl groups excluding tert-OH is 1. The van der Waals surface area contributed by atoms with Gasteiger partial charge >= 0.3 is 0 Å². The van der Waals surface area contributed by atoms with E-state index < -0.39 is 6.04 Å². The molecule has 0 aliphatic heterocycles. The molecule has 3 aromatic rings. The van der Waals surface area contributed by atoms with Crippen LogP contribution in [-0.4, -0.2) is 27.8 Å². The smallest absolute Gasteiger partial charge is 0.255 e. The molecule has 5 nitrogen and oxygen atoms in total. The average molecular weight is 342 g/mol. The van der Waals surface area contributed by atoms with Crippen LogP contribution in [-0.2, 0) is 0 Å². The highest BCUT2D eigenvalue weighted by atomic mass is 35.5. The van der Waals surface area contributed by atoms with Crippen molar-refractivity contribution >= 4 is 17.5 Å². The quantitative estimate of drug-likeness (QED) is 0.667. The largest absolute Gasteiger partial charge is 0.394 e. The topological polar surface area (TPSA) is 78.0 Å². The number of nitrogens with zero attached hydrogens (tertiary/aromatic N) is 1. The molecule has 24 heavy (non-hydrogen) atoms. The van der Waals surface area contributed by atoms with Gasteiger partial charge in [-0.15, -0.1) is 0 Å². The first-order valence-electron chi connectivity index (χ1n) is 7.45. The number of aliphatic hydroxyl groups is 1. The lowest BCUT2D eigenvalue weighted by molar-refractivity contribution is 0.0917. The average Bonchev–Trinajstić information content (AvgIpc) is 3.10. The van der Waals surface area contributed by atoms with E-state index in [1.54, 1.807) is 12.1 Å². The van der Waals surface area contributed by atoms with Crippen LogP contribution in [0, 0.1) is 0 Å². The summed E-state index contributed by atoms with van der Waals surface area (Å²) in [7, 11) is 0. The Morgan fingerprint density at radius 1 is 1.17 bits per heavy atom. The SMILES string of the molecule is O=C(N[C@H](CO)c1ccccc1)c1cn[nH]c1-c1ccc(Cl)cc1. The van der Waals surface area contributed by atoms with Crippen LogP contribution in [0.15, 0.2) is 60.8 Å². The maximum absolute atomic E-state index is 12.6. The molecule has 0 unspecified atom stereocenters. The molecule has 0 bridgehead atoms. The summed E-state index contributed by atoms with van der Waals surface area (Å²) < 4.78 is 0. The van der Waals surface area contributed by atoms with Crippen LogP contribution in [0.4, 0.5) is 0 Å². The van der Waals surface area contributed by atoms with E-state index in [4.69, 9.17) is 11.6 Å². The summed E-state index contributed by atoms with van der Waals surface area (Å²) in [6, 6.07) is 16.0. The zero-order chi connectivity index (χ0) is 16.9. The van der Waals surface area contributed by atoms with Gasteiger partial charge in [-0.2, -0.15) is 5.10 Å². The number of hydrogen-bond donors (Lipinski definition) is 3. The van der Waals surface area contributed by atoms with Crippen molar-refractivity contribution in [3.05, 3.63) is 76.9 Å². The third-order valence-corrected chi connectivity index (χ3v) is 3.96. The van der Waals surface area contributed by atoms with Crippen molar-refractivity contribution in [3.8, 4) is 11.3 Å². The minimum Gasteiger partial charge on any atom is -0.394 e. The highest BCUT2D eigenvalue weighted by Gasteiger charge is 2.19. The van der Waals surface area contributed by atoms with Crippen LogP contribution in [0.5, 0.6) is 0 Å². The second-order valence-corrected chi connectivity index (χ2v) is 5.72. The Morgan fingerprint density at radius 2 is 1.88 bits per heavy atom. The number of aromatic amines is 1. The number of nitrogens with one attached hydrogen (secondary N) is 2. The van der Waals surface area contributed by atoms with Gasteiger partial charge in [-0.3, -0.25) is 9.89 Å². The van der Waals surface area contributed by atoms with Crippen LogP contribution in [0.2, 0.25) is 5.02 Å². The van der Waals surface area contributed by atoms with E-state index in [-0.39, 0.29) is 12.5 Å². The van der Waals surface area contributed by atoms with Gasteiger partial charge < -0.3 is 10.4 Å². The molecule has 0 radical (unpaired) electrons. The Hall–Kier alpha value is -2.63. The first-order valence-corrected chi connectivity index (χ1v) is 7.83. The van der Waals surface area contributed by atoms with E-state index in [1.165, 1.54) is 6.20 Å². The van der Waals surface area contributed by atoms with Crippen LogP contribution in [0.3, 0.4) is 0 Å². The van der Waals surface area contributed by atoms with Gasteiger partial charge in [-0.1, -0.05) is 54.1 Å². The van der Waals surface area contributed by atoms with Gasteiger partial charge in [0.2, 0.25) is 0 Å². The Labute approximate surface area is 144 Å². The molecule has 3 N–H and O–H groups in total. The maximum Gasteiger partial charge on any atom is 0.255 e. The molecule has 0 aliphatic carbocycles. The number of hydrogen-bond acceptors (Lipinski definition) is 3. The van der Waals surface area contributed by atoms with Gasteiger partial charge in [-0.05, 0) is 17.7 Å². The molecule has 0 fully saturated rings. The number of rotatable bonds is 5. The normalized spacial score (nSPS) is 11.9. The summed E-state index contributed by atoms with van der Waals surface area (Å²) in [5, 5.41) is 19.8. The number of H-pyrrole nitrogens is 1. The second kappa shape index (κ2) is 7.29. The standard InChI is InChI=1S/C18H16ClN3O2/c19-14-8-6-13(7-9-14)17-15(10-20-22-17)18(24)21-16(11-23)12-4-2-1-3-5-12/h1-10,16,23H,11H2,(H,20,22)(H,21,24)/t16-/m1/s1. The van der Waals surface area contributed by atoms with Crippen LogP contribution in [0.25, 0.3) is 11.3 Å². The van der Waals surface area contributed by atoms with E-state index in [2.05, 4.69) is 15.5 Å². The van der Waals surface area contributed by atoms with Gasteiger partial charge in [0, 0.05) is 10.6 Å². The molecule has 6 heteroatoms. The number of carbonyl (C=O) groups is 1. The molecule has 0 saturated carbocycles.